The lowest BCUT2D eigenvalue weighted by Crippen LogP contribution is -2.65. The number of aliphatic hydroxyl groups is 6. The zero-order valence-electron chi connectivity index (χ0n) is 21.6. The lowest BCUT2D eigenvalue weighted by atomic mass is 9.97. The second-order valence-electron chi connectivity index (χ2n) is 9.32. The van der Waals surface area contributed by atoms with E-state index in [-0.39, 0.29) is 12.6 Å². The molecule has 0 aromatic heterocycles. The number of rotatable bonds is 16. The van der Waals surface area contributed by atoms with Crippen molar-refractivity contribution in [3.63, 3.8) is 0 Å². The van der Waals surface area contributed by atoms with E-state index in [1.165, 1.54) is 7.11 Å². The molecule has 7 N–H and O–H groups in total. The van der Waals surface area contributed by atoms with Crippen LogP contribution >= 0.6 is 0 Å². The third-order valence-corrected chi connectivity index (χ3v) is 6.92. The highest BCUT2D eigenvalue weighted by Gasteiger charge is 2.52. The number of hydrogen-bond donors (Lipinski definition) is 7. The number of unbranched alkanes of at least 4 members (excludes halogenated alkanes) is 5. The Morgan fingerprint density at radius 2 is 1.28 bits per heavy atom. The van der Waals surface area contributed by atoms with Gasteiger partial charge in [-0.1, -0.05) is 25.7 Å². The molecule has 2 fully saturated rings. The number of esters is 1. The normalized spacial score (nSPS) is 35.6. The van der Waals surface area contributed by atoms with Crippen LogP contribution in [0.4, 0.5) is 0 Å². The standard InChI is InChI=1S/C22H40O16S/c1-33-14(25)8-6-4-2-3-5-7-9-34-21-17(28)15(26)19(12(10-23)35-21)37-22-18(29)16(27)20(13(11-24)36-22)38-39(30,31)32/h12-13,15-24,26-29H,2-11H2,1H3,(H,30,31,32)/t12-,13-,15-,16-,17-,18-,19-,20+,21-,22+/m1/s1. The molecule has 17 heteroatoms. The average molecular weight is 593 g/mol. The summed E-state index contributed by atoms with van der Waals surface area (Å²) in [7, 11) is -3.73. The summed E-state index contributed by atoms with van der Waals surface area (Å²) in [6.07, 6.45) is -11.4. The molecular formula is C22H40O16S. The third kappa shape index (κ3) is 10.4. The first-order valence-electron chi connectivity index (χ1n) is 12.7. The van der Waals surface area contributed by atoms with Gasteiger partial charge in [-0.2, -0.15) is 8.42 Å². The number of methoxy groups -OCH3 is 1. The van der Waals surface area contributed by atoms with Crippen LogP contribution in [0, 0.1) is 0 Å². The molecule has 2 rings (SSSR count). The van der Waals surface area contributed by atoms with Crippen LogP contribution in [0.5, 0.6) is 0 Å². The van der Waals surface area contributed by atoms with Crippen LogP contribution in [-0.2, 0) is 43.1 Å². The first-order chi connectivity index (χ1) is 18.4. The predicted octanol–water partition coefficient (Wildman–Crippen LogP) is -2.64. The van der Waals surface area contributed by atoms with Gasteiger partial charge in [0.2, 0.25) is 0 Å². The van der Waals surface area contributed by atoms with E-state index < -0.39 is 85.0 Å². The molecule has 0 unspecified atom stereocenters. The maximum Gasteiger partial charge on any atom is 0.397 e. The van der Waals surface area contributed by atoms with Crippen molar-refractivity contribution in [3.8, 4) is 0 Å². The van der Waals surface area contributed by atoms with Gasteiger partial charge in [0.1, 0.15) is 48.8 Å². The van der Waals surface area contributed by atoms with Crippen molar-refractivity contribution in [3.05, 3.63) is 0 Å². The lowest BCUT2D eigenvalue weighted by molar-refractivity contribution is -0.358. The lowest BCUT2D eigenvalue weighted by Gasteiger charge is -2.46. The second-order valence-corrected chi connectivity index (χ2v) is 10.4. The van der Waals surface area contributed by atoms with Crippen LogP contribution in [0.25, 0.3) is 0 Å². The largest absolute Gasteiger partial charge is 0.469 e. The number of ether oxygens (including phenoxy) is 5. The van der Waals surface area contributed by atoms with Crippen molar-refractivity contribution < 1.29 is 76.3 Å². The summed E-state index contributed by atoms with van der Waals surface area (Å²) in [5.74, 6) is -0.237. The molecular weight excluding hydrogens is 552 g/mol. The van der Waals surface area contributed by atoms with Crippen LogP contribution in [0.15, 0.2) is 0 Å². The van der Waals surface area contributed by atoms with Crippen LogP contribution in [0.3, 0.4) is 0 Å². The molecule has 0 spiro atoms. The van der Waals surface area contributed by atoms with Gasteiger partial charge in [0.05, 0.1) is 20.3 Å². The van der Waals surface area contributed by atoms with Gasteiger partial charge >= 0.3 is 16.4 Å². The highest BCUT2D eigenvalue weighted by molar-refractivity contribution is 7.80. The SMILES string of the molecule is COC(=O)CCCCCCCCO[C@@H]1O[C@H](CO)[C@@H](O[C@@H]2O[C@H](CO)[C@H](OS(=O)(=O)O)[C@H](O)[C@H]2O)[C@H](O)[C@H]1O. The van der Waals surface area contributed by atoms with E-state index in [0.717, 1.165) is 32.1 Å². The molecule has 2 saturated heterocycles. The van der Waals surface area contributed by atoms with E-state index in [2.05, 4.69) is 8.92 Å². The molecule has 0 amide bonds. The second kappa shape index (κ2) is 16.4. The Balaban J connectivity index is 1.85. The topological polar surface area (TPSA) is 248 Å². The molecule has 230 valence electrons. The molecule has 39 heavy (non-hydrogen) atoms. The quantitative estimate of drug-likeness (QED) is 0.0549. The van der Waals surface area contributed by atoms with Crippen LogP contribution < -0.4 is 0 Å². The maximum absolute atomic E-state index is 11.1. The number of aliphatic hydroxyl groups excluding tert-OH is 6. The minimum Gasteiger partial charge on any atom is -0.469 e. The van der Waals surface area contributed by atoms with Gasteiger partial charge in [-0.15, -0.1) is 0 Å². The molecule has 10 atom stereocenters. The maximum atomic E-state index is 11.1. The first-order valence-corrected chi connectivity index (χ1v) is 14.0. The van der Waals surface area contributed by atoms with E-state index in [1.54, 1.807) is 0 Å². The number of carbonyl (C=O) groups is 1. The minimum absolute atomic E-state index is 0.185. The summed E-state index contributed by atoms with van der Waals surface area (Å²) in [6, 6.07) is 0. The van der Waals surface area contributed by atoms with Gasteiger partial charge in [-0.3, -0.25) is 9.35 Å². The molecule has 0 aliphatic carbocycles. The van der Waals surface area contributed by atoms with Crippen molar-refractivity contribution in [1.82, 2.24) is 0 Å². The van der Waals surface area contributed by atoms with E-state index in [9.17, 15) is 43.9 Å². The van der Waals surface area contributed by atoms with Crippen LogP contribution in [0.2, 0.25) is 0 Å². The number of hydrogen-bond acceptors (Lipinski definition) is 15. The van der Waals surface area contributed by atoms with Gasteiger partial charge in [0.25, 0.3) is 0 Å². The van der Waals surface area contributed by atoms with E-state index >= 15 is 0 Å². The third-order valence-electron chi connectivity index (χ3n) is 6.45. The molecule has 2 aliphatic rings. The van der Waals surface area contributed by atoms with Crippen LogP contribution in [0.1, 0.15) is 44.9 Å². The Bertz CT molecular complexity index is 823. The van der Waals surface area contributed by atoms with Crippen molar-refractivity contribution in [2.75, 3.05) is 26.9 Å². The Kier molecular flexibility index (Phi) is 14.4. The van der Waals surface area contributed by atoms with E-state index in [4.69, 9.17) is 23.5 Å². The summed E-state index contributed by atoms with van der Waals surface area (Å²) in [4.78, 5) is 11.1. The first kappa shape index (κ1) is 34.1. The molecule has 0 aromatic rings. The van der Waals surface area contributed by atoms with Gasteiger partial charge in [-0.05, 0) is 12.8 Å². The Morgan fingerprint density at radius 1 is 0.769 bits per heavy atom. The smallest absolute Gasteiger partial charge is 0.397 e. The molecule has 2 aliphatic heterocycles. The molecule has 0 bridgehead atoms. The summed E-state index contributed by atoms with van der Waals surface area (Å²) < 4.78 is 61.6. The average Bonchev–Trinajstić information content (AvgIpc) is 2.89. The molecule has 0 aromatic carbocycles. The van der Waals surface area contributed by atoms with Crippen LogP contribution in [-0.4, -0.2) is 138 Å². The highest BCUT2D eigenvalue weighted by Crippen LogP contribution is 2.30. The van der Waals surface area contributed by atoms with Gasteiger partial charge < -0.3 is 54.3 Å². The van der Waals surface area contributed by atoms with Crippen molar-refractivity contribution in [2.24, 2.45) is 0 Å². The van der Waals surface area contributed by atoms with Crippen molar-refractivity contribution in [2.45, 2.75) is 106 Å². The highest BCUT2D eigenvalue weighted by atomic mass is 32.3. The van der Waals surface area contributed by atoms with Gasteiger partial charge in [0, 0.05) is 13.0 Å². The fourth-order valence-electron chi connectivity index (χ4n) is 4.32. The minimum atomic E-state index is -5.08. The molecule has 16 nitrogen and oxygen atoms in total. The fourth-order valence-corrected chi connectivity index (χ4v) is 4.84. The predicted molar refractivity (Wildman–Crippen MR) is 127 cm³/mol. The van der Waals surface area contributed by atoms with Gasteiger partial charge in [-0.25, -0.2) is 4.18 Å². The van der Waals surface area contributed by atoms with Crippen molar-refractivity contribution in [1.29, 1.82) is 0 Å². The molecule has 2 heterocycles. The zero-order valence-corrected chi connectivity index (χ0v) is 22.4. The molecule has 0 saturated carbocycles. The fraction of sp³-hybridized carbons (Fsp3) is 0.955. The van der Waals surface area contributed by atoms with E-state index in [1.807, 2.05) is 0 Å². The molecule has 0 radical (unpaired) electrons. The number of carbonyl (C=O) groups excluding carboxylic acids is 1. The Labute approximate surface area is 226 Å². The summed E-state index contributed by atoms with van der Waals surface area (Å²) in [5, 5.41) is 61.0. The van der Waals surface area contributed by atoms with Crippen molar-refractivity contribution >= 4 is 16.4 Å². The monoisotopic (exact) mass is 592 g/mol. The summed E-state index contributed by atoms with van der Waals surface area (Å²) in [5.41, 5.74) is 0. The van der Waals surface area contributed by atoms with Gasteiger partial charge in [0.15, 0.2) is 12.6 Å². The summed E-state index contributed by atoms with van der Waals surface area (Å²) >= 11 is 0. The Hall–Kier alpha value is -1.06. The Morgan fingerprint density at radius 3 is 1.87 bits per heavy atom. The van der Waals surface area contributed by atoms with E-state index in [0.29, 0.717) is 12.8 Å². The summed E-state index contributed by atoms with van der Waals surface area (Å²) in [6.45, 7) is -1.43. The zero-order chi connectivity index (χ0) is 29.2.